The predicted octanol–water partition coefficient (Wildman–Crippen LogP) is -0.191. The molecule has 134 valence electrons. The maximum absolute atomic E-state index is 12.3. The molecule has 6 heteroatoms. The molecule has 4 N–H and O–H groups in total. The highest BCUT2D eigenvalue weighted by Crippen LogP contribution is 2.06. The van der Waals surface area contributed by atoms with Gasteiger partial charge in [0.1, 0.15) is 0 Å². The van der Waals surface area contributed by atoms with Crippen LogP contribution in [-0.2, 0) is 0 Å². The number of carbonyl (C=O) groups excluding carboxylic acids is 1. The maximum Gasteiger partial charge on any atom is 0.251 e. The molecule has 1 aromatic rings. The Labute approximate surface area is 145 Å². The van der Waals surface area contributed by atoms with Gasteiger partial charge in [-0.25, -0.2) is 0 Å². The lowest BCUT2D eigenvalue weighted by Gasteiger charge is -2.23. The van der Waals surface area contributed by atoms with E-state index in [0.717, 1.165) is 70.0 Å². The summed E-state index contributed by atoms with van der Waals surface area (Å²) in [5, 5.41) is 13.3. The summed E-state index contributed by atoms with van der Waals surface area (Å²) in [5.41, 5.74) is 1.78. The molecule has 2 rings (SSSR count). The lowest BCUT2D eigenvalue weighted by atomic mass is 10.1. The van der Waals surface area contributed by atoms with Crippen molar-refractivity contribution in [3.63, 3.8) is 0 Å². The van der Waals surface area contributed by atoms with Gasteiger partial charge in [-0.2, -0.15) is 0 Å². The topological polar surface area (TPSA) is 68.4 Å². The van der Waals surface area contributed by atoms with E-state index < -0.39 is 0 Å². The van der Waals surface area contributed by atoms with Crippen LogP contribution in [0.5, 0.6) is 0 Å². The van der Waals surface area contributed by atoms with Crippen LogP contribution in [0.2, 0.25) is 0 Å². The number of nitrogens with one attached hydrogen (secondary N) is 4. The summed E-state index contributed by atoms with van der Waals surface area (Å²) in [6, 6.07) is 7.71. The normalized spacial score (nSPS) is 18.4. The minimum Gasteiger partial charge on any atom is -0.351 e. The van der Waals surface area contributed by atoms with Crippen molar-refractivity contribution in [2.75, 3.05) is 65.4 Å². The van der Waals surface area contributed by atoms with Gasteiger partial charge in [0.05, 0.1) is 0 Å². The molecule has 24 heavy (non-hydrogen) atoms. The van der Waals surface area contributed by atoms with Gasteiger partial charge < -0.3 is 21.3 Å². The van der Waals surface area contributed by atoms with Crippen LogP contribution in [0.4, 0.5) is 0 Å². The smallest absolute Gasteiger partial charge is 0.251 e. The fraction of sp³-hybridized carbons (Fsp3) is 0.611. The molecule has 1 aliphatic rings. The van der Waals surface area contributed by atoms with Crippen LogP contribution in [0.25, 0.3) is 0 Å². The van der Waals surface area contributed by atoms with Crippen LogP contribution in [0.15, 0.2) is 24.3 Å². The highest BCUT2D eigenvalue weighted by atomic mass is 16.1. The summed E-state index contributed by atoms with van der Waals surface area (Å²) in [6.07, 6.45) is 0. The lowest BCUT2D eigenvalue weighted by molar-refractivity contribution is 0.0948. The second-order valence-electron chi connectivity index (χ2n) is 6.16. The van der Waals surface area contributed by atoms with Crippen molar-refractivity contribution < 1.29 is 4.79 Å². The van der Waals surface area contributed by atoms with E-state index in [2.05, 4.69) is 26.2 Å². The zero-order chi connectivity index (χ0) is 17.0. The first-order valence-electron chi connectivity index (χ1n) is 8.96. The SMILES string of the molecule is Cc1ccccc1C(=O)NCCN1CCNCCNCCNCC1. The quantitative estimate of drug-likeness (QED) is 0.615. The molecule has 1 saturated heterocycles. The molecule has 6 nitrogen and oxygen atoms in total. The van der Waals surface area contributed by atoms with Crippen molar-refractivity contribution in [2.45, 2.75) is 6.92 Å². The Hall–Kier alpha value is -1.47. The molecule has 0 aliphatic carbocycles. The summed E-state index contributed by atoms with van der Waals surface area (Å²) in [4.78, 5) is 14.6. The zero-order valence-electron chi connectivity index (χ0n) is 14.7. The summed E-state index contributed by atoms with van der Waals surface area (Å²) in [6.45, 7) is 11.5. The van der Waals surface area contributed by atoms with Gasteiger partial charge >= 0.3 is 0 Å². The summed E-state index contributed by atoms with van der Waals surface area (Å²) in [5.74, 6) is 0.0183. The molecule has 0 unspecified atom stereocenters. The molecule has 1 heterocycles. The number of rotatable bonds is 4. The molecular weight excluding hydrogens is 302 g/mol. The number of hydrogen-bond acceptors (Lipinski definition) is 5. The lowest BCUT2D eigenvalue weighted by Crippen LogP contribution is -2.44. The Balaban J connectivity index is 1.73. The summed E-state index contributed by atoms with van der Waals surface area (Å²) < 4.78 is 0. The highest BCUT2D eigenvalue weighted by Gasteiger charge is 2.09. The van der Waals surface area contributed by atoms with Gasteiger partial charge in [0.2, 0.25) is 0 Å². The number of hydrogen-bond donors (Lipinski definition) is 4. The first kappa shape index (κ1) is 18.9. The van der Waals surface area contributed by atoms with Crippen LogP contribution in [0.1, 0.15) is 15.9 Å². The van der Waals surface area contributed by atoms with Crippen LogP contribution in [-0.4, -0.2) is 76.3 Å². The van der Waals surface area contributed by atoms with Gasteiger partial charge in [-0.15, -0.1) is 0 Å². The van der Waals surface area contributed by atoms with Gasteiger partial charge in [0.15, 0.2) is 0 Å². The second-order valence-corrected chi connectivity index (χ2v) is 6.16. The number of benzene rings is 1. The van der Waals surface area contributed by atoms with Crippen molar-refractivity contribution in [2.24, 2.45) is 0 Å². The Morgan fingerprint density at radius 1 is 1.00 bits per heavy atom. The molecule has 0 saturated carbocycles. The zero-order valence-corrected chi connectivity index (χ0v) is 14.7. The largest absolute Gasteiger partial charge is 0.351 e. The second kappa shape index (κ2) is 11.1. The van der Waals surface area contributed by atoms with Gasteiger partial charge in [-0.3, -0.25) is 9.69 Å². The van der Waals surface area contributed by atoms with Crippen LogP contribution in [0.3, 0.4) is 0 Å². The average molecular weight is 333 g/mol. The van der Waals surface area contributed by atoms with E-state index in [1.165, 1.54) is 0 Å². The Kier molecular flexibility index (Phi) is 8.76. The van der Waals surface area contributed by atoms with Gasteiger partial charge in [0.25, 0.3) is 5.91 Å². The minimum absolute atomic E-state index is 0.0183. The van der Waals surface area contributed by atoms with Crippen LogP contribution in [0, 0.1) is 6.92 Å². The Morgan fingerprint density at radius 2 is 1.58 bits per heavy atom. The third-order valence-corrected chi connectivity index (χ3v) is 4.27. The third kappa shape index (κ3) is 6.97. The summed E-state index contributed by atoms with van der Waals surface area (Å²) in [7, 11) is 0. The van der Waals surface area contributed by atoms with Crippen LogP contribution < -0.4 is 21.3 Å². The molecule has 1 aromatic carbocycles. The molecule has 0 spiro atoms. The van der Waals surface area contributed by atoms with E-state index in [1.54, 1.807) is 0 Å². The van der Waals surface area contributed by atoms with Crippen molar-refractivity contribution >= 4 is 5.91 Å². The molecule has 0 bridgehead atoms. The monoisotopic (exact) mass is 333 g/mol. The van der Waals surface area contributed by atoms with E-state index in [4.69, 9.17) is 0 Å². The third-order valence-electron chi connectivity index (χ3n) is 4.27. The van der Waals surface area contributed by atoms with Crippen molar-refractivity contribution in [1.82, 2.24) is 26.2 Å². The summed E-state index contributed by atoms with van der Waals surface area (Å²) >= 11 is 0. The number of amides is 1. The van der Waals surface area contributed by atoms with Gasteiger partial charge in [-0.1, -0.05) is 18.2 Å². The van der Waals surface area contributed by atoms with Gasteiger partial charge in [0, 0.05) is 71.0 Å². The fourth-order valence-electron chi connectivity index (χ4n) is 2.79. The molecule has 0 atom stereocenters. The van der Waals surface area contributed by atoms with Crippen molar-refractivity contribution in [3.8, 4) is 0 Å². The molecule has 0 radical (unpaired) electrons. The molecular formula is C18H31N5O. The van der Waals surface area contributed by atoms with Crippen LogP contribution >= 0.6 is 0 Å². The number of nitrogens with zero attached hydrogens (tertiary/aromatic N) is 1. The van der Waals surface area contributed by atoms with E-state index in [9.17, 15) is 4.79 Å². The first-order chi connectivity index (χ1) is 11.8. The number of carbonyl (C=O) groups is 1. The maximum atomic E-state index is 12.3. The first-order valence-corrected chi connectivity index (χ1v) is 8.96. The van der Waals surface area contributed by atoms with E-state index in [-0.39, 0.29) is 5.91 Å². The van der Waals surface area contributed by atoms with Crippen molar-refractivity contribution in [1.29, 1.82) is 0 Å². The molecule has 0 aromatic heterocycles. The minimum atomic E-state index is 0.0183. The molecule has 1 fully saturated rings. The fourth-order valence-corrected chi connectivity index (χ4v) is 2.79. The van der Waals surface area contributed by atoms with Gasteiger partial charge in [-0.05, 0) is 18.6 Å². The Morgan fingerprint density at radius 3 is 2.21 bits per heavy atom. The predicted molar refractivity (Wildman–Crippen MR) is 98.6 cm³/mol. The van der Waals surface area contributed by atoms with E-state index in [1.807, 2.05) is 31.2 Å². The standard InChI is InChI=1S/C18H31N5O/c1-16-4-2-3-5-17(16)18(24)22-12-15-23-13-10-20-8-6-19-7-9-21-11-14-23/h2-5,19-21H,6-15H2,1H3,(H,22,24). The van der Waals surface area contributed by atoms with E-state index in [0.29, 0.717) is 6.54 Å². The van der Waals surface area contributed by atoms with E-state index >= 15 is 0 Å². The Bertz CT molecular complexity index is 482. The highest BCUT2D eigenvalue weighted by molar-refractivity contribution is 5.95. The molecule has 1 aliphatic heterocycles. The van der Waals surface area contributed by atoms with Crippen molar-refractivity contribution in [3.05, 3.63) is 35.4 Å². The molecule has 1 amide bonds. The average Bonchev–Trinajstić information content (AvgIpc) is 2.57. The number of aryl methyl sites for hydroxylation is 1.